The number of carbonyl (C=O) groups is 2. The highest BCUT2D eigenvalue weighted by molar-refractivity contribution is 6.09. The number of piperidine rings is 2. The molecule has 1 aromatic carbocycles. The minimum Gasteiger partial charge on any atom is -0.341 e. The van der Waals surface area contributed by atoms with Crippen LogP contribution in [-0.2, 0) is 15.0 Å². The highest BCUT2D eigenvalue weighted by Crippen LogP contribution is 2.52. The van der Waals surface area contributed by atoms with Gasteiger partial charge in [0.25, 0.3) is 0 Å². The summed E-state index contributed by atoms with van der Waals surface area (Å²) in [6.07, 6.45) is 11.1. The molecular formula is C40H46FN9O2. The van der Waals surface area contributed by atoms with Gasteiger partial charge in [0.2, 0.25) is 11.8 Å². The van der Waals surface area contributed by atoms with Gasteiger partial charge in [-0.3, -0.25) is 14.6 Å². The number of pyridine rings is 2. The molecule has 0 bridgehead atoms. The maximum atomic E-state index is 14.8. The van der Waals surface area contributed by atoms with Gasteiger partial charge in [-0.2, -0.15) is 5.26 Å². The van der Waals surface area contributed by atoms with Crippen LogP contribution in [0.25, 0.3) is 22.3 Å². The molecule has 270 valence electrons. The molecule has 0 atom stereocenters. The van der Waals surface area contributed by atoms with E-state index in [0.717, 1.165) is 53.8 Å². The monoisotopic (exact) mass is 703 g/mol. The highest BCUT2D eigenvalue weighted by Gasteiger charge is 2.56. The van der Waals surface area contributed by atoms with Crippen LogP contribution >= 0.6 is 0 Å². The van der Waals surface area contributed by atoms with Crippen molar-refractivity contribution >= 4 is 40.0 Å². The summed E-state index contributed by atoms with van der Waals surface area (Å²) in [6, 6.07) is 12.6. The van der Waals surface area contributed by atoms with Gasteiger partial charge in [-0.1, -0.05) is 18.6 Å². The van der Waals surface area contributed by atoms with Crippen molar-refractivity contribution in [3.05, 3.63) is 60.4 Å². The van der Waals surface area contributed by atoms with Crippen molar-refractivity contribution in [1.29, 1.82) is 5.26 Å². The van der Waals surface area contributed by atoms with Crippen LogP contribution in [0.15, 0.2) is 49.1 Å². The van der Waals surface area contributed by atoms with Crippen molar-refractivity contribution in [3.63, 3.8) is 0 Å². The van der Waals surface area contributed by atoms with Crippen LogP contribution in [0.3, 0.4) is 0 Å². The van der Waals surface area contributed by atoms with Gasteiger partial charge >= 0.3 is 0 Å². The van der Waals surface area contributed by atoms with Gasteiger partial charge < -0.3 is 24.6 Å². The lowest BCUT2D eigenvalue weighted by Gasteiger charge is -2.48. The number of hydrogen-bond donors (Lipinski definition) is 1. The standard InChI is InChI=1S/C40H46FN9O2/c1-25(2)49-24-44-33-21-32(46-36(35(33)49)45-31-10-13-43-22-30(31)41)26-8-9-29-34(18-26)50(28-19-27(20-28)47-14-6-5-7-15-47)38(52)40(29)11-16-48(17-12-40)37(51)39(3,4)23-42/h8-10,13,18,21-22,24-25,27-28H,5-7,11-12,14-17,19-20H2,1-4H3,(H,43,45,46)/t27-,28+. The summed E-state index contributed by atoms with van der Waals surface area (Å²) in [5, 5.41) is 12.8. The second-order valence-corrected chi connectivity index (χ2v) is 15.8. The second-order valence-electron chi connectivity index (χ2n) is 15.8. The lowest BCUT2D eigenvalue weighted by molar-refractivity contribution is -0.141. The lowest BCUT2D eigenvalue weighted by atomic mass is 9.73. The Kier molecular flexibility index (Phi) is 8.52. The normalized spacial score (nSPS) is 21.8. The van der Waals surface area contributed by atoms with Gasteiger partial charge in [-0.25, -0.2) is 14.4 Å². The Morgan fingerprint density at radius 3 is 2.50 bits per heavy atom. The predicted octanol–water partition coefficient (Wildman–Crippen LogP) is 6.73. The molecular weight excluding hydrogens is 657 g/mol. The number of aromatic nitrogens is 4. The summed E-state index contributed by atoms with van der Waals surface area (Å²) in [5.41, 5.74) is 3.30. The molecule has 52 heavy (non-hydrogen) atoms. The largest absolute Gasteiger partial charge is 0.341 e. The van der Waals surface area contributed by atoms with Crippen LogP contribution < -0.4 is 10.2 Å². The molecule has 1 N–H and O–H groups in total. The van der Waals surface area contributed by atoms with E-state index in [1.807, 2.05) is 16.7 Å². The molecule has 1 saturated carbocycles. The molecule has 2 saturated heterocycles. The third-order valence-corrected chi connectivity index (χ3v) is 11.9. The summed E-state index contributed by atoms with van der Waals surface area (Å²) in [6.45, 7) is 10.5. The Morgan fingerprint density at radius 1 is 1.06 bits per heavy atom. The molecule has 3 fully saturated rings. The molecule has 11 nitrogen and oxygen atoms in total. The van der Waals surface area contributed by atoms with Gasteiger partial charge in [0, 0.05) is 48.7 Å². The number of nitriles is 1. The summed E-state index contributed by atoms with van der Waals surface area (Å²) in [4.78, 5) is 48.2. The molecule has 0 radical (unpaired) electrons. The maximum absolute atomic E-state index is 14.8. The van der Waals surface area contributed by atoms with E-state index >= 15 is 0 Å². The first kappa shape index (κ1) is 34.2. The average Bonchev–Trinajstić information content (AvgIpc) is 3.67. The Hall–Kier alpha value is -4.89. The molecule has 6 heterocycles. The Bertz CT molecular complexity index is 2080. The minimum absolute atomic E-state index is 0.0917. The smallest absolute Gasteiger partial charge is 0.242 e. The van der Waals surface area contributed by atoms with E-state index in [-0.39, 0.29) is 29.6 Å². The van der Waals surface area contributed by atoms with E-state index in [1.54, 1.807) is 31.1 Å². The zero-order valence-corrected chi connectivity index (χ0v) is 30.4. The first-order valence-corrected chi connectivity index (χ1v) is 18.7. The Labute approximate surface area is 303 Å². The third-order valence-electron chi connectivity index (χ3n) is 11.9. The molecule has 2 amide bonds. The molecule has 4 aromatic rings. The number of rotatable bonds is 7. The number of benzene rings is 1. The number of hydrogen-bond acceptors (Lipinski definition) is 8. The molecule has 1 spiro atoms. The van der Waals surface area contributed by atoms with E-state index in [0.29, 0.717) is 43.5 Å². The zero-order valence-electron chi connectivity index (χ0n) is 30.4. The van der Waals surface area contributed by atoms with Crippen molar-refractivity contribution in [2.45, 2.75) is 96.2 Å². The van der Waals surface area contributed by atoms with Crippen LogP contribution in [-0.4, -0.2) is 79.4 Å². The number of amides is 2. The molecule has 1 aliphatic carbocycles. The zero-order chi connectivity index (χ0) is 36.4. The van der Waals surface area contributed by atoms with Gasteiger partial charge in [-0.05, 0) is 103 Å². The van der Waals surface area contributed by atoms with E-state index in [9.17, 15) is 19.2 Å². The molecule has 0 unspecified atom stereocenters. The number of fused-ring (bicyclic) bond motifs is 3. The van der Waals surface area contributed by atoms with Gasteiger partial charge in [0.1, 0.15) is 10.9 Å². The fourth-order valence-electron chi connectivity index (χ4n) is 8.77. The van der Waals surface area contributed by atoms with Crippen LogP contribution in [0.2, 0.25) is 0 Å². The van der Waals surface area contributed by atoms with Crippen LogP contribution in [0.5, 0.6) is 0 Å². The highest BCUT2D eigenvalue weighted by atomic mass is 19.1. The number of likely N-dealkylation sites (tertiary alicyclic amines) is 2. The molecule has 3 aromatic heterocycles. The maximum Gasteiger partial charge on any atom is 0.242 e. The van der Waals surface area contributed by atoms with Crippen molar-refractivity contribution in [2.75, 3.05) is 36.4 Å². The number of imidazole rings is 1. The average molecular weight is 704 g/mol. The molecule has 12 heteroatoms. The van der Waals surface area contributed by atoms with E-state index in [4.69, 9.17) is 9.97 Å². The summed E-state index contributed by atoms with van der Waals surface area (Å²) in [7, 11) is 0. The number of halogens is 1. The Balaban J connectivity index is 1.18. The fourth-order valence-corrected chi connectivity index (χ4v) is 8.77. The third kappa shape index (κ3) is 5.61. The first-order chi connectivity index (χ1) is 25.0. The molecule has 3 aliphatic heterocycles. The lowest BCUT2D eigenvalue weighted by Crippen LogP contribution is -2.58. The van der Waals surface area contributed by atoms with E-state index in [1.165, 1.54) is 31.7 Å². The van der Waals surface area contributed by atoms with Crippen LogP contribution in [0, 0.1) is 22.6 Å². The number of carbonyl (C=O) groups excluding carboxylic acids is 2. The van der Waals surface area contributed by atoms with Gasteiger partial charge in [0.15, 0.2) is 11.6 Å². The van der Waals surface area contributed by atoms with Crippen LogP contribution in [0.1, 0.15) is 84.2 Å². The second kappa shape index (κ2) is 13.0. The van der Waals surface area contributed by atoms with Gasteiger partial charge in [0.05, 0.1) is 40.9 Å². The Morgan fingerprint density at radius 2 is 1.81 bits per heavy atom. The summed E-state index contributed by atoms with van der Waals surface area (Å²) in [5.74, 6) is -0.0799. The summed E-state index contributed by atoms with van der Waals surface area (Å²) < 4.78 is 16.9. The quantitative estimate of drug-likeness (QED) is 0.225. The molecule has 4 aliphatic rings. The van der Waals surface area contributed by atoms with Crippen molar-refractivity contribution in [2.24, 2.45) is 5.41 Å². The first-order valence-electron chi connectivity index (χ1n) is 18.7. The van der Waals surface area contributed by atoms with Crippen molar-refractivity contribution in [3.8, 4) is 17.3 Å². The predicted molar refractivity (Wildman–Crippen MR) is 197 cm³/mol. The van der Waals surface area contributed by atoms with Gasteiger partial charge in [-0.15, -0.1) is 0 Å². The van der Waals surface area contributed by atoms with E-state index in [2.05, 4.69) is 52.2 Å². The van der Waals surface area contributed by atoms with Crippen LogP contribution in [0.4, 0.5) is 21.6 Å². The number of nitrogens with one attached hydrogen (secondary N) is 1. The molecule has 8 rings (SSSR count). The van der Waals surface area contributed by atoms with Crippen molar-refractivity contribution < 1.29 is 14.0 Å². The minimum atomic E-state index is -1.12. The fraction of sp³-hybridized carbons (Fsp3) is 0.500. The summed E-state index contributed by atoms with van der Waals surface area (Å²) >= 11 is 0. The van der Waals surface area contributed by atoms with Crippen molar-refractivity contribution in [1.82, 2.24) is 29.3 Å². The SMILES string of the molecule is CC(C)n1cnc2cc(-c3ccc4c(c3)N([C@H]3C[C@@H](N5CCCCC5)C3)C(=O)C43CCN(C(=O)C(C)(C)C#N)CC3)nc(Nc3ccncc3F)c21. The number of anilines is 3. The number of nitrogens with zero attached hydrogens (tertiary/aromatic N) is 8. The topological polar surface area (TPSA) is 123 Å². The van der Waals surface area contributed by atoms with E-state index < -0.39 is 16.6 Å².